The van der Waals surface area contributed by atoms with E-state index in [-0.39, 0.29) is 5.82 Å². The average Bonchev–Trinajstić information content (AvgIpc) is 2.75. The van der Waals surface area contributed by atoms with Gasteiger partial charge in [0.05, 0.1) is 23.9 Å². The maximum Gasteiger partial charge on any atom is 0.497 e. The quantitative estimate of drug-likeness (QED) is 0.732. The Morgan fingerprint density at radius 1 is 1.04 bits per heavy atom. The minimum atomic E-state index is -0.685. The highest BCUT2D eigenvalue weighted by atomic mass is 19.1. The van der Waals surface area contributed by atoms with E-state index in [4.69, 9.17) is 14.0 Å². The first-order valence-corrected chi connectivity index (χ1v) is 9.75. The molecule has 1 saturated heterocycles. The molecule has 0 N–H and O–H groups in total. The van der Waals surface area contributed by atoms with Gasteiger partial charge in [-0.05, 0) is 70.4 Å². The van der Waals surface area contributed by atoms with Gasteiger partial charge >= 0.3 is 7.12 Å². The van der Waals surface area contributed by atoms with Crippen LogP contribution in [-0.4, -0.2) is 24.4 Å². The van der Waals surface area contributed by atoms with Crippen LogP contribution in [0.4, 0.5) is 4.39 Å². The zero-order valence-electron chi connectivity index (χ0n) is 17.0. The van der Waals surface area contributed by atoms with E-state index in [1.807, 2.05) is 33.8 Å². The molecular weight excluding hydrogens is 330 g/mol. The van der Waals surface area contributed by atoms with E-state index in [0.717, 1.165) is 18.4 Å². The van der Waals surface area contributed by atoms with Gasteiger partial charge in [-0.1, -0.05) is 26.0 Å². The third kappa shape index (κ3) is 4.15. The van der Waals surface area contributed by atoms with Crippen LogP contribution in [0.15, 0.2) is 18.2 Å². The Balaban J connectivity index is 1.65. The molecular formula is C21H32BFO3. The molecule has 2 fully saturated rings. The zero-order chi connectivity index (χ0) is 19.2. The van der Waals surface area contributed by atoms with Crippen molar-refractivity contribution in [1.29, 1.82) is 0 Å². The number of halogens is 1. The van der Waals surface area contributed by atoms with Gasteiger partial charge in [0.15, 0.2) is 0 Å². The first-order valence-electron chi connectivity index (χ1n) is 9.75. The highest BCUT2D eigenvalue weighted by molar-refractivity contribution is 6.62. The molecule has 1 saturated carbocycles. The molecule has 144 valence electrons. The fraction of sp³-hybridized carbons (Fsp3) is 0.714. The molecule has 1 heterocycles. The van der Waals surface area contributed by atoms with Crippen LogP contribution in [0, 0.1) is 11.2 Å². The number of ether oxygens (including phenoxy) is 1. The lowest BCUT2D eigenvalue weighted by Gasteiger charge is -2.34. The summed E-state index contributed by atoms with van der Waals surface area (Å²) in [7, 11) is -0.685. The highest BCUT2D eigenvalue weighted by Crippen LogP contribution is 2.37. The SMILES string of the molecule is CC1(C)CCC(OCc2ccc(F)c(B3OC(C)(C)C(C)(C)O3)c2)CC1. The van der Waals surface area contributed by atoms with E-state index in [9.17, 15) is 4.39 Å². The Morgan fingerprint density at radius 2 is 1.62 bits per heavy atom. The van der Waals surface area contributed by atoms with E-state index in [0.29, 0.717) is 23.6 Å². The molecule has 0 aromatic heterocycles. The Hall–Kier alpha value is -0.905. The smallest absolute Gasteiger partial charge is 0.399 e. The van der Waals surface area contributed by atoms with Gasteiger partial charge in [0.25, 0.3) is 0 Å². The van der Waals surface area contributed by atoms with E-state index < -0.39 is 18.3 Å². The number of rotatable bonds is 4. The molecule has 1 aromatic carbocycles. The van der Waals surface area contributed by atoms with E-state index in [2.05, 4.69) is 13.8 Å². The molecule has 0 spiro atoms. The van der Waals surface area contributed by atoms with Crippen molar-refractivity contribution in [3.63, 3.8) is 0 Å². The second-order valence-electron chi connectivity index (χ2n) is 9.62. The molecule has 1 aromatic rings. The van der Waals surface area contributed by atoms with Crippen molar-refractivity contribution < 1.29 is 18.4 Å². The van der Waals surface area contributed by atoms with Gasteiger partial charge in [0, 0.05) is 5.46 Å². The Morgan fingerprint density at radius 3 is 2.19 bits per heavy atom. The van der Waals surface area contributed by atoms with Crippen LogP contribution in [-0.2, 0) is 20.7 Å². The average molecular weight is 362 g/mol. The first-order chi connectivity index (χ1) is 12.0. The molecule has 2 aliphatic rings. The largest absolute Gasteiger partial charge is 0.497 e. The van der Waals surface area contributed by atoms with Crippen LogP contribution in [0.1, 0.15) is 72.8 Å². The summed E-state index contributed by atoms with van der Waals surface area (Å²) in [5.74, 6) is -0.299. The lowest BCUT2D eigenvalue weighted by molar-refractivity contribution is -0.00558. The van der Waals surface area contributed by atoms with Crippen LogP contribution in [0.3, 0.4) is 0 Å². The van der Waals surface area contributed by atoms with Gasteiger partial charge in [-0.2, -0.15) is 0 Å². The fourth-order valence-electron chi connectivity index (χ4n) is 3.59. The number of hydrogen-bond acceptors (Lipinski definition) is 3. The highest BCUT2D eigenvalue weighted by Gasteiger charge is 2.52. The van der Waals surface area contributed by atoms with Crippen LogP contribution < -0.4 is 5.46 Å². The standard InChI is InChI=1S/C21H32BFO3/c1-19(2)11-9-16(10-12-19)24-14-15-7-8-18(23)17(13-15)22-25-20(3,4)21(5,6)26-22/h7-8,13,16H,9-12,14H2,1-6H3. The molecule has 1 aliphatic carbocycles. The van der Waals surface area contributed by atoms with Crippen LogP contribution in [0.25, 0.3) is 0 Å². The van der Waals surface area contributed by atoms with E-state index in [1.165, 1.54) is 18.9 Å². The second kappa shape index (κ2) is 6.92. The Bertz CT molecular complexity index is 631. The molecule has 26 heavy (non-hydrogen) atoms. The third-order valence-electron chi connectivity index (χ3n) is 6.34. The number of hydrogen-bond donors (Lipinski definition) is 0. The van der Waals surface area contributed by atoms with Gasteiger partial charge in [0.2, 0.25) is 0 Å². The van der Waals surface area contributed by atoms with E-state index in [1.54, 1.807) is 6.07 Å². The topological polar surface area (TPSA) is 27.7 Å². The van der Waals surface area contributed by atoms with Gasteiger partial charge < -0.3 is 14.0 Å². The van der Waals surface area contributed by atoms with Crippen molar-refractivity contribution in [2.45, 2.75) is 91.1 Å². The molecule has 0 atom stereocenters. The van der Waals surface area contributed by atoms with Crippen LogP contribution in [0.5, 0.6) is 0 Å². The van der Waals surface area contributed by atoms with Gasteiger partial charge in [-0.3, -0.25) is 0 Å². The lowest BCUT2D eigenvalue weighted by atomic mass is 9.76. The summed E-state index contributed by atoms with van der Waals surface area (Å²) in [5.41, 5.74) is 0.881. The minimum Gasteiger partial charge on any atom is -0.399 e. The fourth-order valence-corrected chi connectivity index (χ4v) is 3.59. The van der Waals surface area contributed by atoms with Gasteiger partial charge in [-0.25, -0.2) is 4.39 Å². The Labute approximate surface area is 157 Å². The molecule has 0 radical (unpaired) electrons. The number of benzene rings is 1. The summed E-state index contributed by atoms with van der Waals surface area (Å²) in [4.78, 5) is 0. The van der Waals surface area contributed by atoms with Crippen LogP contribution >= 0.6 is 0 Å². The maximum atomic E-state index is 14.4. The van der Waals surface area contributed by atoms with Gasteiger partial charge in [-0.15, -0.1) is 0 Å². The predicted octanol–water partition coefficient (Wildman–Crippen LogP) is 4.61. The predicted molar refractivity (Wildman–Crippen MR) is 103 cm³/mol. The maximum absolute atomic E-state index is 14.4. The molecule has 3 rings (SSSR count). The Kier molecular flexibility index (Phi) is 5.28. The molecule has 3 nitrogen and oxygen atoms in total. The lowest BCUT2D eigenvalue weighted by Crippen LogP contribution is -2.41. The summed E-state index contributed by atoms with van der Waals surface area (Å²) in [6.45, 7) is 13.0. The van der Waals surface area contributed by atoms with E-state index >= 15 is 0 Å². The third-order valence-corrected chi connectivity index (χ3v) is 6.34. The monoisotopic (exact) mass is 362 g/mol. The molecule has 0 amide bonds. The summed E-state index contributed by atoms with van der Waals surface area (Å²) < 4.78 is 32.5. The van der Waals surface area contributed by atoms with Crippen molar-refractivity contribution in [3.05, 3.63) is 29.6 Å². The van der Waals surface area contributed by atoms with Crippen molar-refractivity contribution >= 4 is 12.6 Å². The summed E-state index contributed by atoms with van der Waals surface area (Å²) in [6.07, 6.45) is 4.88. The minimum absolute atomic E-state index is 0.299. The van der Waals surface area contributed by atoms with Crippen molar-refractivity contribution in [2.24, 2.45) is 5.41 Å². The first kappa shape index (κ1) is 19.8. The molecule has 1 aliphatic heterocycles. The summed E-state index contributed by atoms with van der Waals surface area (Å²) in [6, 6.07) is 5.10. The van der Waals surface area contributed by atoms with Crippen molar-refractivity contribution in [2.75, 3.05) is 0 Å². The van der Waals surface area contributed by atoms with Crippen molar-refractivity contribution in [1.82, 2.24) is 0 Å². The van der Waals surface area contributed by atoms with Crippen molar-refractivity contribution in [3.8, 4) is 0 Å². The van der Waals surface area contributed by atoms with Crippen LogP contribution in [0.2, 0.25) is 0 Å². The molecule has 0 bridgehead atoms. The summed E-state index contributed by atoms with van der Waals surface area (Å²) in [5, 5.41) is 0. The molecule has 5 heteroatoms. The molecule has 0 unspecified atom stereocenters. The zero-order valence-corrected chi connectivity index (χ0v) is 17.0. The second-order valence-corrected chi connectivity index (χ2v) is 9.62. The van der Waals surface area contributed by atoms with Gasteiger partial charge in [0.1, 0.15) is 5.82 Å². The normalized spacial score (nSPS) is 24.8. The summed E-state index contributed by atoms with van der Waals surface area (Å²) >= 11 is 0.